The van der Waals surface area contributed by atoms with E-state index in [0.717, 1.165) is 10.3 Å². The number of ether oxygens (including phenoxy) is 4. The molecule has 0 aliphatic carbocycles. The maximum atomic E-state index is 13.9. The van der Waals surface area contributed by atoms with Crippen molar-refractivity contribution >= 4 is 44.2 Å². The van der Waals surface area contributed by atoms with E-state index in [2.05, 4.69) is 4.98 Å². The van der Waals surface area contributed by atoms with Crippen LogP contribution >= 0.6 is 22.9 Å². The summed E-state index contributed by atoms with van der Waals surface area (Å²) in [7, 11) is 6.08. The first kappa shape index (κ1) is 23.6. The van der Waals surface area contributed by atoms with Crippen molar-refractivity contribution in [1.82, 2.24) is 9.97 Å². The van der Waals surface area contributed by atoms with Crippen LogP contribution in [0.15, 0.2) is 48.8 Å². The Morgan fingerprint density at radius 1 is 1.00 bits per heavy atom. The number of amides is 1. The lowest BCUT2D eigenvalue weighted by Gasteiger charge is -2.21. The Labute approximate surface area is 205 Å². The number of benzene rings is 2. The Bertz CT molecular complexity index is 1300. The summed E-state index contributed by atoms with van der Waals surface area (Å²) >= 11 is 7.73. The second-order valence-corrected chi connectivity index (χ2v) is 8.48. The van der Waals surface area contributed by atoms with Crippen LogP contribution in [-0.2, 0) is 6.54 Å². The third-order valence-electron chi connectivity index (χ3n) is 5.12. The van der Waals surface area contributed by atoms with Gasteiger partial charge in [0.1, 0.15) is 11.3 Å². The average molecular weight is 500 g/mol. The molecule has 0 saturated carbocycles. The number of methoxy groups -OCH3 is 4. The van der Waals surface area contributed by atoms with Crippen LogP contribution in [-0.4, -0.2) is 44.3 Å². The summed E-state index contributed by atoms with van der Waals surface area (Å²) in [5, 5.41) is 0.991. The maximum absolute atomic E-state index is 13.9. The molecule has 0 aliphatic heterocycles. The van der Waals surface area contributed by atoms with Crippen molar-refractivity contribution < 1.29 is 23.7 Å². The predicted octanol–water partition coefficient (Wildman–Crippen LogP) is 5.23. The van der Waals surface area contributed by atoms with E-state index in [4.69, 9.17) is 35.5 Å². The van der Waals surface area contributed by atoms with Crippen molar-refractivity contribution in [3.05, 3.63) is 64.9 Å². The number of hydrogen-bond donors (Lipinski definition) is 0. The maximum Gasteiger partial charge on any atom is 0.260 e. The molecule has 1 amide bonds. The Balaban J connectivity index is 1.85. The number of anilines is 1. The minimum atomic E-state index is -0.308. The van der Waals surface area contributed by atoms with Gasteiger partial charge in [0.15, 0.2) is 16.6 Å². The molecule has 2 aromatic heterocycles. The van der Waals surface area contributed by atoms with E-state index in [9.17, 15) is 4.79 Å². The van der Waals surface area contributed by atoms with Gasteiger partial charge in [-0.05, 0) is 35.9 Å². The zero-order chi connectivity index (χ0) is 24.2. The highest BCUT2D eigenvalue weighted by atomic mass is 35.5. The van der Waals surface area contributed by atoms with Gasteiger partial charge in [-0.25, -0.2) is 4.98 Å². The second-order valence-electron chi connectivity index (χ2n) is 7.09. The number of aromatic nitrogens is 2. The smallest absolute Gasteiger partial charge is 0.260 e. The van der Waals surface area contributed by atoms with E-state index < -0.39 is 0 Å². The number of hydrogen-bond acceptors (Lipinski definition) is 8. The number of fused-ring (bicyclic) bond motifs is 1. The molecule has 0 radical (unpaired) electrons. The SMILES string of the molecule is COc1cc(C(=O)N(Cc2cccnc2)c2nc3c(OC)ccc(Cl)c3s2)cc(OC)c1OC. The molecule has 8 nitrogen and oxygen atoms in total. The van der Waals surface area contributed by atoms with E-state index in [1.54, 1.807) is 48.7 Å². The molecular formula is C24H22ClN3O5S. The fourth-order valence-electron chi connectivity index (χ4n) is 3.48. The highest BCUT2D eigenvalue weighted by Gasteiger charge is 2.26. The van der Waals surface area contributed by atoms with E-state index in [1.807, 2.05) is 12.1 Å². The quantitative estimate of drug-likeness (QED) is 0.328. The topological polar surface area (TPSA) is 83.0 Å². The number of nitrogens with zero attached hydrogens (tertiary/aromatic N) is 3. The Hall–Kier alpha value is -3.56. The number of carbonyl (C=O) groups is 1. The summed E-state index contributed by atoms with van der Waals surface area (Å²) in [5.74, 6) is 1.42. The van der Waals surface area contributed by atoms with Crippen LogP contribution in [0.4, 0.5) is 5.13 Å². The van der Waals surface area contributed by atoms with Gasteiger partial charge in [-0.1, -0.05) is 29.0 Å². The normalized spacial score (nSPS) is 10.7. The fourth-order valence-corrected chi connectivity index (χ4v) is 4.74. The summed E-state index contributed by atoms with van der Waals surface area (Å²) < 4.78 is 22.4. The minimum absolute atomic E-state index is 0.239. The lowest BCUT2D eigenvalue weighted by molar-refractivity contribution is 0.0984. The van der Waals surface area contributed by atoms with Gasteiger partial charge in [-0.2, -0.15) is 0 Å². The van der Waals surface area contributed by atoms with Crippen LogP contribution in [0.1, 0.15) is 15.9 Å². The van der Waals surface area contributed by atoms with Gasteiger partial charge in [-0.15, -0.1) is 0 Å². The van der Waals surface area contributed by atoms with E-state index in [1.165, 1.54) is 32.7 Å². The van der Waals surface area contributed by atoms with Crippen LogP contribution in [0.2, 0.25) is 5.02 Å². The summed E-state index contributed by atoms with van der Waals surface area (Å²) in [6.07, 6.45) is 3.38. The number of carbonyl (C=O) groups excluding carboxylic acids is 1. The lowest BCUT2D eigenvalue weighted by Crippen LogP contribution is -2.30. The van der Waals surface area contributed by atoms with Crippen molar-refractivity contribution in [3.63, 3.8) is 0 Å². The monoisotopic (exact) mass is 499 g/mol. The molecule has 0 saturated heterocycles. The van der Waals surface area contributed by atoms with Crippen molar-refractivity contribution in [1.29, 1.82) is 0 Å². The predicted molar refractivity (Wildman–Crippen MR) is 132 cm³/mol. The molecular weight excluding hydrogens is 478 g/mol. The summed E-state index contributed by atoms with van der Waals surface area (Å²) in [5.41, 5.74) is 1.76. The van der Waals surface area contributed by atoms with Gasteiger partial charge >= 0.3 is 0 Å². The molecule has 34 heavy (non-hydrogen) atoms. The third-order valence-corrected chi connectivity index (χ3v) is 6.66. The van der Waals surface area contributed by atoms with E-state index in [-0.39, 0.29) is 12.5 Å². The summed E-state index contributed by atoms with van der Waals surface area (Å²) in [6.45, 7) is 0.239. The number of thiazole rings is 1. The highest BCUT2D eigenvalue weighted by Crippen LogP contribution is 2.41. The largest absolute Gasteiger partial charge is 0.494 e. The first-order chi connectivity index (χ1) is 16.5. The molecule has 10 heteroatoms. The van der Waals surface area contributed by atoms with Crippen LogP contribution in [0.5, 0.6) is 23.0 Å². The van der Waals surface area contributed by atoms with Gasteiger partial charge in [0.25, 0.3) is 5.91 Å². The number of pyridine rings is 1. The molecule has 2 aromatic carbocycles. The zero-order valence-electron chi connectivity index (χ0n) is 19.0. The third kappa shape index (κ3) is 4.44. The lowest BCUT2D eigenvalue weighted by atomic mass is 10.1. The van der Waals surface area contributed by atoms with Gasteiger partial charge in [0, 0.05) is 18.0 Å². The molecule has 0 bridgehead atoms. The molecule has 2 heterocycles. The summed E-state index contributed by atoms with van der Waals surface area (Å²) in [6, 6.07) is 10.4. The standard InChI is InChI=1S/C24H22ClN3O5S/c1-30-17-8-7-16(25)22-20(17)27-24(34-22)28(13-14-6-5-9-26-12-14)23(29)15-10-18(31-2)21(33-4)19(11-15)32-3/h5-12H,13H2,1-4H3. The van der Waals surface area contributed by atoms with Crippen molar-refractivity contribution in [2.45, 2.75) is 6.54 Å². The molecule has 0 aliphatic rings. The molecule has 0 N–H and O–H groups in total. The molecule has 0 unspecified atom stereocenters. The van der Waals surface area contributed by atoms with Crippen molar-refractivity contribution in [3.8, 4) is 23.0 Å². The summed E-state index contributed by atoms with van der Waals surface area (Å²) in [4.78, 5) is 24.3. The first-order valence-corrected chi connectivity index (χ1v) is 11.3. The van der Waals surface area contributed by atoms with Crippen LogP contribution in [0.3, 0.4) is 0 Å². The molecule has 0 spiro atoms. The zero-order valence-corrected chi connectivity index (χ0v) is 20.6. The second kappa shape index (κ2) is 10.1. The number of rotatable bonds is 8. The molecule has 0 atom stereocenters. The van der Waals surface area contributed by atoms with Crippen LogP contribution < -0.4 is 23.8 Å². The molecule has 4 aromatic rings. The Kier molecular flexibility index (Phi) is 7.04. The van der Waals surface area contributed by atoms with Gasteiger partial charge in [0.2, 0.25) is 5.75 Å². The van der Waals surface area contributed by atoms with Crippen molar-refractivity contribution in [2.75, 3.05) is 33.3 Å². The molecule has 176 valence electrons. The van der Waals surface area contributed by atoms with Crippen LogP contribution in [0.25, 0.3) is 10.2 Å². The first-order valence-electron chi connectivity index (χ1n) is 10.1. The van der Waals surface area contributed by atoms with E-state index in [0.29, 0.717) is 44.2 Å². The van der Waals surface area contributed by atoms with E-state index >= 15 is 0 Å². The molecule has 0 fully saturated rings. The molecule has 4 rings (SSSR count). The number of halogens is 1. The van der Waals surface area contributed by atoms with Gasteiger partial charge in [-0.3, -0.25) is 14.7 Å². The average Bonchev–Trinajstić information content (AvgIpc) is 3.33. The fraction of sp³-hybridized carbons (Fsp3) is 0.208. The minimum Gasteiger partial charge on any atom is -0.494 e. The Morgan fingerprint density at radius 2 is 1.71 bits per heavy atom. The van der Waals surface area contributed by atoms with Crippen LogP contribution in [0, 0.1) is 0 Å². The van der Waals surface area contributed by atoms with Gasteiger partial charge < -0.3 is 18.9 Å². The van der Waals surface area contributed by atoms with Crippen molar-refractivity contribution in [2.24, 2.45) is 0 Å². The Morgan fingerprint density at radius 3 is 2.29 bits per heavy atom. The highest BCUT2D eigenvalue weighted by molar-refractivity contribution is 7.23. The van der Waals surface area contributed by atoms with Gasteiger partial charge in [0.05, 0.1) is 44.7 Å².